The number of aromatic nitrogens is 2. The molecule has 3 N–H and O–H groups in total. The Morgan fingerprint density at radius 1 is 1.42 bits per heavy atom. The SMILES string of the molecule is C=C1COc2cc(-c3[nH]ncc3CN(C)CCN)ccc2N1CC(C)C. The Bertz CT molecular complexity index is 767. The minimum absolute atomic E-state index is 0.526. The number of anilines is 1. The summed E-state index contributed by atoms with van der Waals surface area (Å²) in [5.74, 6) is 1.45. The molecule has 0 atom stereocenters. The first-order valence-electron chi connectivity index (χ1n) is 9.13. The number of fused-ring (bicyclic) bond motifs is 1. The third kappa shape index (κ3) is 3.92. The second kappa shape index (κ2) is 7.93. The predicted molar refractivity (Wildman–Crippen MR) is 106 cm³/mol. The summed E-state index contributed by atoms with van der Waals surface area (Å²) in [5, 5.41) is 7.38. The molecule has 1 aliphatic heterocycles. The minimum atomic E-state index is 0.526. The summed E-state index contributed by atoms with van der Waals surface area (Å²) >= 11 is 0. The molecule has 0 radical (unpaired) electrons. The van der Waals surface area contributed by atoms with Gasteiger partial charge < -0.3 is 20.3 Å². The fraction of sp³-hybridized carbons (Fsp3) is 0.450. The van der Waals surface area contributed by atoms with Gasteiger partial charge in [0.05, 0.1) is 17.6 Å². The largest absolute Gasteiger partial charge is 0.485 e. The zero-order valence-electron chi connectivity index (χ0n) is 16.0. The molecule has 6 heteroatoms. The molecule has 0 bridgehead atoms. The molecule has 6 nitrogen and oxygen atoms in total. The van der Waals surface area contributed by atoms with E-state index in [1.54, 1.807) is 0 Å². The van der Waals surface area contributed by atoms with Crippen molar-refractivity contribution in [3.8, 4) is 17.0 Å². The van der Waals surface area contributed by atoms with Crippen molar-refractivity contribution in [1.82, 2.24) is 15.1 Å². The van der Waals surface area contributed by atoms with Crippen LogP contribution >= 0.6 is 0 Å². The number of hydrogen-bond donors (Lipinski definition) is 2. The second-order valence-corrected chi connectivity index (χ2v) is 7.34. The van der Waals surface area contributed by atoms with Crippen molar-refractivity contribution in [2.24, 2.45) is 11.7 Å². The highest BCUT2D eigenvalue weighted by Crippen LogP contribution is 2.38. The van der Waals surface area contributed by atoms with E-state index in [4.69, 9.17) is 10.5 Å². The average Bonchev–Trinajstić information content (AvgIpc) is 3.05. The molecule has 0 amide bonds. The molecule has 26 heavy (non-hydrogen) atoms. The average molecular weight is 355 g/mol. The summed E-state index contributed by atoms with van der Waals surface area (Å²) in [7, 11) is 2.06. The Labute approximate surface area is 155 Å². The fourth-order valence-electron chi connectivity index (χ4n) is 3.28. The number of aromatic amines is 1. The highest BCUT2D eigenvalue weighted by atomic mass is 16.5. The second-order valence-electron chi connectivity index (χ2n) is 7.34. The van der Waals surface area contributed by atoms with Crippen LogP contribution in [0.3, 0.4) is 0 Å². The van der Waals surface area contributed by atoms with E-state index in [0.717, 1.165) is 53.6 Å². The van der Waals surface area contributed by atoms with E-state index in [-0.39, 0.29) is 0 Å². The van der Waals surface area contributed by atoms with Crippen molar-refractivity contribution in [2.45, 2.75) is 20.4 Å². The summed E-state index contributed by atoms with van der Waals surface area (Å²) in [5.41, 5.74) is 11.0. The zero-order valence-corrected chi connectivity index (χ0v) is 16.0. The van der Waals surface area contributed by atoms with Crippen molar-refractivity contribution >= 4 is 5.69 Å². The number of H-pyrrole nitrogens is 1. The van der Waals surface area contributed by atoms with Gasteiger partial charge in [0.2, 0.25) is 0 Å². The maximum atomic E-state index is 5.94. The van der Waals surface area contributed by atoms with E-state index < -0.39 is 0 Å². The molecule has 1 aromatic carbocycles. The van der Waals surface area contributed by atoms with Crippen LogP contribution in [0.15, 0.2) is 36.7 Å². The molecule has 3 rings (SSSR count). The topological polar surface area (TPSA) is 70.4 Å². The van der Waals surface area contributed by atoms with Crippen molar-refractivity contribution < 1.29 is 4.74 Å². The molecule has 0 fully saturated rings. The molecule has 2 heterocycles. The molecule has 0 aliphatic carbocycles. The lowest BCUT2D eigenvalue weighted by atomic mass is 10.0. The normalized spacial score (nSPS) is 14.1. The molecule has 0 unspecified atom stereocenters. The van der Waals surface area contributed by atoms with Crippen molar-refractivity contribution in [3.05, 3.63) is 42.2 Å². The summed E-state index contributed by atoms with van der Waals surface area (Å²) in [6.45, 7) is 12.3. The van der Waals surface area contributed by atoms with E-state index in [1.165, 1.54) is 0 Å². The third-order valence-electron chi connectivity index (χ3n) is 4.53. The molecule has 1 aromatic heterocycles. The van der Waals surface area contributed by atoms with Gasteiger partial charge in [-0.25, -0.2) is 0 Å². The van der Waals surface area contributed by atoms with Crippen LogP contribution < -0.4 is 15.4 Å². The first-order valence-corrected chi connectivity index (χ1v) is 9.13. The number of nitrogens with two attached hydrogens (primary N) is 1. The van der Waals surface area contributed by atoms with Gasteiger partial charge in [-0.2, -0.15) is 5.10 Å². The molecule has 2 aromatic rings. The van der Waals surface area contributed by atoms with Gasteiger partial charge in [0.15, 0.2) is 0 Å². The Hall–Kier alpha value is -2.31. The van der Waals surface area contributed by atoms with Gasteiger partial charge in [-0.3, -0.25) is 5.10 Å². The Morgan fingerprint density at radius 2 is 2.23 bits per heavy atom. The predicted octanol–water partition coefficient (Wildman–Crippen LogP) is 2.84. The Morgan fingerprint density at radius 3 is 2.96 bits per heavy atom. The van der Waals surface area contributed by atoms with Crippen LogP contribution in [0, 0.1) is 5.92 Å². The van der Waals surface area contributed by atoms with E-state index in [9.17, 15) is 0 Å². The van der Waals surface area contributed by atoms with Crippen molar-refractivity contribution in [2.75, 3.05) is 38.2 Å². The maximum Gasteiger partial charge on any atom is 0.144 e. The summed E-state index contributed by atoms with van der Waals surface area (Å²) in [4.78, 5) is 4.45. The molecule has 0 spiro atoms. The lowest BCUT2D eigenvalue weighted by molar-refractivity contribution is 0.333. The van der Waals surface area contributed by atoms with Gasteiger partial charge in [0.1, 0.15) is 12.4 Å². The van der Waals surface area contributed by atoms with Gasteiger partial charge >= 0.3 is 0 Å². The first kappa shape index (κ1) is 18.5. The quantitative estimate of drug-likeness (QED) is 0.799. The lowest BCUT2D eigenvalue weighted by Crippen LogP contribution is -2.33. The molecule has 140 valence electrons. The smallest absolute Gasteiger partial charge is 0.144 e. The van der Waals surface area contributed by atoms with Crippen LogP contribution in [0.5, 0.6) is 5.75 Å². The molecule has 0 saturated heterocycles. The minimum Gasteiger partial charge on any atom is -0.485 e. The van der Waals surface area contributed by atoms with E-state index >= 15 is 0 Å². The van der Waals surface area contributed by atoms with Crippen LogP contribution in [0.4, 0.5) is 5.69 Å². The molecular weight excluding hydrogens is 326 g/mol. The van der Waals surface area contributed by atoms with Gasteiger partial charge in [-0.15, -0.1) is 0 Å². The zero-order chi connectivity index (χ0) is 18.7. The van der Waals surface area contributed by atoms with Crippen LogP contribution in [0.1, 0.15) is 19.4 Å². The van der Waals surface area contributed by atoms with Gasteiger partial charge in [0, 0.05) is 43.0 Å². The van der Waals surface area contributed by atoms with Gasteiger partial charge in [0.25, 0.3) is 0 Å². The summed E-state index contributed by atoms with van der Waals surface area (Å²) < 4.78 is 5.94. The Balaban J connectivity index is 1.88. The van der Waals surface area contributed by atoms with E-state index in [0.29, 0.717) is 19.1 Å². The van der Waals surface area contributed by atoms with Crippen LogP contribution in [-0.4, -0.2) is 48.4 Å². The van der Waals surface area contributed by atoms with Gasteiger partial charge in [-0.1, -0.05) is 26.5 Å². The van der Waals surface area contributed by atoms with Crippen LogP contribution in [0.2, 0.25) is 0 Å². The fourth-order valence-corrected chi connectivity index (χ4v) is 3.28. The lowest BCUT2D eigenvalue weighted by Gasteiger charge is -2.34. The van der Waals surface area contributed by atoms with Crippen LogP contribution in [0.25, 0.3) is 11.3 Å². The van der Waals surface area contributed by atoms with Crippen LogP contribution in [-0.2, 0) is 6.54 Å². The standard InChI is InChI=1S/C20H29N5O/c1-14(2)11-25-15(3)13-26-19-9-16(5-6-18(19)25)20-17(10-22-23-20)12-24(4)8-7-21/h5-6,9-10,14H,3,7-8,11-13,21H2,1-2,4H3,(H,22,23). The number of rotatable bonds is 7. The molecule has 0 saturated carbocycles. The number of ether oxygens (including phenoxy) is 1. The number of nitrogens with one attached hydrogen (secondary N) is 1. The number of nitrogens with zero attached hydrogens (tertiary/aromatic N) is 3. The monoisotopic (exact) mass is 355 g/mol. The summed E-state index contributed by atoms with van der Waals surface area (Å²) in [6, 6.07) is 6.33. The van der Waals surface area contributed by atoms with E-state index in [1.807, 2.05) is 6.20 Å². The first-order chi connectivity index (χ1) is 12.5. The van der Waals surface area contributed by atoms with E-state index in [2.05, 4.69) is 65.7 Å². The van der Waals surface area contributed by atoms with Crippen molar-refractivity contribution in [1.29, 1.82) is 0 Å². The highest BCUT2D eigenvalue weighted by molar-refractivity contribution is 5.73. The highest BCUT2D eigenvalue weighted by Gasteiger charge is 2.23. The van der Waals surface area contributed by atoms with Gasteiger partial charge in [-0.05, 0) is 25.1 Å². The van der Waals surface area contributed by atoms with Crippen molar-refractivity contribution in [3.63, 3.8) is 0 Å². The molecule has 1 aliphatic rings. The maximum absolute atomic E-state index is 5.94. The number of benzene rings is 1. The Kier molecular flexibility index (Phi) is 5.64. The third-order valence-corrected chi connectivity index (χ3v) is 4.53. The summed E-state index contributed by atoms with van der Waals surface area (Å²) in [6.07, 6.45) is 1.88. The molecular formula is C20H29N5O. The number of hydrogen-bond acceptors (Lipinski definition) is 5. The number of likely N-dealkylation sites (N-methyl/N-ethyl adjacent to an activating group) is 1.